The summed E-state index contributed by atoms with van der Waals surface area (Å²) >= 11 is 3.40. The summed E-state index contributed by atoms with van der Waals surface area (Å²) < 4.78 is 6.16. The Balaban J connectivity index is 1.91. The fraction of sp³-hybridized carbons (Fsp3) is 0.111. The van der Waals surface area contributed by atoms with Crippen molar-refractivity contribution in [2.75, 3.05) is 17.2 Å². The fourth-order valence-corrected chi connectivity index (χ4v) is 2.75. The number of para-hydroxylation sites is 1. The lowest BCUT2D eigenvalue weighted by Crippen LogP contribution is -2.05. The van der Waals surface area contributed by atoms with E-state index < -0.39 is 4.92 Å². The zero-order valence-corrected chi connectivity index (χ0v) is 15.9. The van der Waals surface area contributed by atoms with Gasteiger partial charge in [-0.2, -0.15) is 0 Å². The smallest absolute Gasteiger partial charge is 0.353 e. The van der Waals surface area contributed by atoms with Crippen LogP contribution in [0.15, 0.2) is 59.3 Å². The molecule has 3 rings (SSSR count). The quantitative estimate of drug-likeness (QED) is 0.400. The Morgan fingerprint density at radius 3 is 2.37 bits per heavy atom. The summed E-state index contributed by atoms with van der Waals surface area (Å²) in [5, 5.41) is 17.6. The van der Waals surface area contributed by atoms with Crippen LogP contribution in [0.1, 0.15) is 6.92 Å². The molecule has 0 radical (unpaired) electrons. The number of hydrogen-bond acceptors (Lipinski definition) is 7. The topological polar surface area (TPSA) is 102 Å². The van der Waals surface area contributed by atoms with Crippen molar-refractivity contribution in [1.82, 2.24) is 9.97 Å². The summed E-state index contributed by atoms with van der Waals surface area (Å²) in [5.74, 6) is 0.903. The minimum atomic E-state index is -0.518. The molecule has 0 aliphatic heterocycles. The largest absolute Gasteiger partial charge is 0.494 e. The minimum absolute atomic E-state index is 0.0914. The highest BCUT2D eigenvalue weighted by atomic mass is 79.9. The van der Waals surface area contributed by atoms with E-state index in [-0.39, 0.29) is 17.3 Å². The molecular weight excluding hydrogens is 414 g/mol. The summed E-state index contributed by atoms with van der Waals surface area (Å²) in [6.07, 6.45) is 1.27. The second-order valence-corrected chi connectivity index (χ2v) is 6.22. The first-order chi connectivity index (χ1) is 13.1. The van der Waals surface area contributed by atoms with Gasteiger partial charge < -0.3 is 15.4 Å². The van der Waals surface area contributed by atoms with Crippen LogP contribution >= 0.6 is 15.9 Å². The molecule has 0 fully saturated rings. The van der Waals surface area contributed by atoms with Gasteiger partial charge in [0, 0.05) is 10.2 Å². The van der Waals surface area contributed by atoms with Gasteiger partial charge >= 0.3 is 5.69 Å². The van der Waals surface area contributed by atoms with E-state index in [1.807, 2.05) is 25.1 Å². The van der Waals surface area contributed by atoms with Crippen molar-refractivity contribution in [3.63, 3.8) is 0 Å². The first kappa shape index (κ1) is 18.6. The molecule has 1 aromatic heterocycles. The van der Waals surface area contributed by atoms with Gasteiger partial charge in [0.2, 0.25) is 11.6 Å². The predicted octanol–water partition coefficient (Wildman–Crippen LogP) is 5.03. The average Bonchev–Trinajstić information content (AvgIpc) is 2.65. The maximum absolute atomic E-state index is 11.7. The van der Waals surface area contributed by atoms with Gasteiger partial charge in [-0.1, -0.05) is 12.1 Å². The van der Waals surface area contributed by atoms with Gasteiger partial charge in [-0.25, -0.2) is 9.97 Å². The number of ether oxygens (including phenoxy) is 1. The van der Waals surface area contributed by atoms with Crippen molar-refractivity contribution in [3.8, 4) is 5.75 Å². The summed E-state index contributed by atoms with van der Waals surface area (Å²) in [6, 6.07) is 14.4. The summed E-state index contributed by atoms with van der Waals surface area (Å²) in [7, 11) is 0. The van der Waals surface area contributed by atoms with Crippen molar-refractivity contribution in [3.05, 3.63) is 69.4 Å². The van der Waals surface area contributed by atoms with Crippen LogP contribution in [0.4, 0.5) is 28.7 Å². The molecule has 8 nitrogen and oxygen atoms in total. The molecule has 138 valence electrons. The van der Waals surface area contributed by atoms with Crippen molar-refractivity contribution < 1.29 is 9.66 Å². The Hall–Kier alpha value is -3.20. The lowest BCUT2D eigenvalue weighted by molar-refractivity contribution is -0.383. The SMILES string of the molecule is CCOc1ccc(Nc2ncnc(Nc3ccccc3Br)c2[N+](=O)[O-])cc1. The van der Waals surface area contributed by atoms with Gasteiger partial charge in [0.05, 0.1) is 17.2 Å². The Morgan fingerprint density at radius 2 is 1.74 bits per heavy atom. The van der Waals surface area contributed by atoms with Crippen molar-refractivity contribution in [1.29, 1.82) is 0 Å². The van der Waals surface area contributed by atoms with E-state index in [1.165, 1.54) is 6.33 Å². The fourth-order valence-electron chi connectivity index (χ4n) is 2.36. The molecule has 0 spiro atoms. The number of halogens is 1. The Bertz CT molecular complexity index is 950. The number of anilines is 4. The van der Waals surface area contributed by atoms with E-state index in [9.17, 15) is 10.1 Å². The monoisotopic (exact) mass is 429 g/mol. The molecular formula is C18H16BrN5O3. The number of benzene rings is 2. The molecule has 0 unspecified atom stereocenters. The van der Waals surface area contributed by atoms with Gasteiger partial charge in [-0.15, -0.1) is 0 Å². The van der Waals surface area contributed by atoms with Crippen LogP contribution in [0.2, 0.25) is 0 Å². The maximum atomic E-state index is 11.7. The molecule has 9 heteroatoms. The second-order valence-electron chi connectivity index (χ2n) is 5.36. The lowest BCUT2D eigenvalue weighted by Gasteiger charge is -2.11. The first-order valence-corrected chi connectivity index (χ1v) is 8.88. The molecule has 0 atom stereocenters. The van der Waals surface area contributed by atoms with Crippen LogP contribution in [0.25, 0.3) is 0 Å². The Labute approximate surface area is 163 Å². The third-order valence-corrected chi connectivity index (χ3v) is 4.25. The standard InChI is InChI=1S/C18H16BrN5O3/c1-2-27-13-9-7-12(8-10-13)22-17-16(24(25)26)18(21-11-20-17)23-15-6-4-3-5-14(15)19/h3-11H,2H2,1H3,(H2,20,21,22,23). The van der Waals surface area contributed by atoms with E-state index in [2.05, 4.69) is 36.5 Å². The average molecular weight is 430 g/mol. The van der Waals surface area contributed by atoms with Gasteiger partial charge in [0.1, 0.15) is 12.1 Å². The van der Waals surface area contributed by atoms with E-state index in [0.29, 0.717) is 18.0 Å². The molecule has 2 aromatic carbocycles. The van der Waals surface area contributed by atoms with Gasteiger partial charge in [-0.3, -0.25) is 10.1 Å². The molecule has 27 heavy (non-hydrogen) atoms. The lowest BCUT2D eigenvalue weighted by atomic mass is 10.3. The minimum Gasteiger partial charge on any atom is -0.494 e. The molecule has 2 N–H and O–H groups in total. The van der Waals surface area contributed by atoms with Crippen LogP contribution in [0.3, 0.4) is 0 Å². The Morgan fingerprint density at radius 1 is 1.07 bits per heavy atom. The van der Waals surface area contributed by atoms with E-state index in [4.69, 9.17) is 4.74 Å². The summed E-state index contributed by atoms with van der Waals surface area (Å²) in [6.45, 7) is 2.46. The molecule has 0 amide bonds. The number of nitrogens with one attached hydrogen (secondary N) is 2. The number of hydrogen-bond donors (Lipinski definition) is 2. The van der Waals surface area contributed by atoms with Crippen molar-refractivity contribution >= 4 is 44.6 Å². The number of aromatic nitrogens is 2. The highest BCUT2D eigenvalue weighted by Gasteiger charge is 2.23. The van der Waals surface area contributed by atoms with Gasteiger partial charge in [0.25, 0.3) is 0 Å². The molecule has 3 aromatic rings. The summed E-state index contributed by atoms with van der Waals surface area (Å²) in [5.41, 5.74) is 1.06. The molecule has 0 aliphatic rings. The third kappa shape index (κ3) is 4.50. The first-order valence-electron chi connectivity index (χ1n) is 8.09. The van der Waals surface area contributed by atoms with Crippen molar-refractivity contribution in [2.45, 2.75) is 6.92 Å². The second kappa shape index (κ2) is 8.45. The van der Waals surface area contributed by atoms with Crippen LogP contribution in [0.5, 0.6) is 5.75 Å². The molecule has 0 saturated carbocycles. The number of nitro groups is 1. The maximum Gasteiger partial charge on any atom is 0.353 e. The predicted molar refractivity (Wildman–Crippen MR) is 107 cm³/mol. The number of rotatable bonds is 7. The Kier molecular flexibility index (Phi) is 5.82. The highest BCUT2D eigenvalue weighted by molar-refractivity contribution is 9.10. The highest BCUT2D eigenvalue weighted by Crippen LogP contribution is 2.34. The van der Waals surface area contributed by atoms with Crippen LogP contribution < -0.4 is 15.4 Å². The zero-order valence-electron chi connectivity index (χ0n) is 14.3. The van der Waals surface area contributed by atoms with Crippen molar-refractivity contribution in [2.24, 2.45) is 0 Å². The summed E-state index contributed by atoms with van der Waals surface area (Å²) in [4.78, 5) is 19.2. The molecule has 0 bridgehead atoms. The zero-order chi connectivity index (χ0) is 19.2. The normalized spacial score (nSPS) is 10.3. The van der Waals surface area contributed by atoms with Crippen LogP contribution in [-0.2, 0) is 0 Å². The third-order valence-electron chi connectivity index (χ3n) is 3.56. The van der Waals surface area contributed by atoms with E-state index >= 15 is 0 Å². The van der Waals surface area contributed by atoms with Crippen LogP contribution in [-0.4, -0.2) is 21.5 Å². The number of nitrogens with zero attached hydrogens (tertiary/aromatic N) is 3. The van der Waals surface area contributed by atoms with Crippen LogP contribution in [0, 0.1) is 10.1 Å². The molecule has 0 saturated heterocycles. The van der Waals surface area contributed by atoms with E-state index in [0.717, 1.165) is 10.2 Å². The van der Waals surface area contributed by atoms with Gasteiger partial charge in [0.15, 0.2) is 0 Å². The van der Waals surface area contributed by atoms with Gasteiger partial charge in [-0.05, 0) is 59.3 Å². The molecule has 1 heterocycles. The molecule has 0 aliphatic carbocycles. The van der Waals surface area contributed by atoms with E-state index in [1.54, 1.807) is 30.3 Å².